The minimum atomic E-state index is 0.465. The first-order valence-corrected chi connectivity index (χ1v) is 6.99. The molecule has 5 heteroatoms. The van der Waals surface area contributed by atoms with E-state index in [-0.39, 0.29) is 0 Å². The van der Waals surface area contributed by atoms with E-state index in [1.54, 1.807) is 6.33 Å². The number of nitrogens with one attached hydrogen (secondary N) is 1. The Labute approximate surface area is 108 Å². The fourth-order valence-electron chi connectivity index (χ4n) is 3.44. The summed E-state index contributed by atoms with van der Waals surface area (Å²) in [5, 5.41) is 7.76. The maximum Gasteiger partial charge on any atom is 0.138 e. The lowest BCUT2D eigenvalue weighted by molar-refractivity contribution is 0.0856. The Bertz CT molecular complexity index is 405. The monoisotopic (exact) mass is 250 g/mol. The molecule has 0 aliphatic carbocycles. The van der Waals surface area contributed by atoms with Crippen LogP contribution in [0.15, 0.2) is 6.33 Å². The van der Waals surface area contributed by atoms with Crippen LogP contribution in [0.3, 0.4) is 0 Å². The van der Waals surface area contributed by atoms with Gasteiger partial charge in [-0.05, 0) is 25.8 Å². The molecule has 2 fully saturated rings. The number of nitrogens with zero attached hydrogens (tertiary/aromatic N) is 3. The van der Waals surface area contributed by atoms with Crippen molar-refractivity contribution in [1.29, 1.82) is 0 Å². The number of aryl methyl sites for hydroxylation is 1. The number of ether oxygens (including phenoxy) is 1. The molecule has 5 nitrogen and oxygen atoms in total. The molecular formula is C13H22N4O. The van der Waals surface area contributed by atoms with E-state index in [0.29, 0.717) is 24.2 Å². The number of likely N-dealkylation sites (N-methyl/N-ethyl adjacent to an activating group) is 1. The van der Waals surface area contributed by atoms with Crippen molar-refractivity contribution in [2.24, 2.45) is 13.0 Å². The summed E-state index contributed by atoms with van der Waals surface area (Å²) in [5.41, 5.74) is 0. The highest BCUT2D eigenvalue weighted by Gasteiger charge is 2.44. The Hall–Kier alpha value is -0.940. The zero-order chi connectivity index (χ0) is 12.5. The van der Waals surface area contributed by atoms with E-state index < -0.39 is 0 Å². The van der Waals surface area contributed by atoms with Crippen molar-refractivity contribution in [2.45, 2.75) is 50.9 Å². The Morgan fingerprint density at radius 3 is 3.00 bits per heavy atom. The fourth-order valence-corrected chi connectivity index (χ4v) is 3.44. The molecule has 3 rings (SSSR count). The van der Waals surface area contributed by atoms with Crippen LogP contribution in [0.2, 0.25) is 0 Å². The first kappa shape index (κ1) is 12.1. The molecule has 4 unspecified atom stereocenters. The molecule has 2 aliphatic heterocycles. The Balaban J connectivity index is 1.70. The number of rotatable bonds is 5. The van der Waals surface area contributed by atoms with E-state index in [9.17, 15) is 0 Å². The molecule has 0 spiro atoms. The van der Waals surface area contributed by atoms with E-state index in [2.05, 4.69) is 22.3 Å². The van der Waals surface area contributed by atoms with E-state index in [4.69, 9.17) is 4.74 Å². The largest absolute Gasteiger partial charge is 0.375 e. The summed E-state index contributed by atoms with van der Waals surface area (Å²) in [7, 11) is 1.96. The van der Waals surface area contributed by atoms with Crippen molar-refractivity contribution >= 4 is 0 Å². The lowest BCUT2D eigenvalue weighted by atomic mass is 9.82. The van der Waals surface area contributed by atoms with Crippen LogP contribution in [-0.4, -0.2) is 39.6 Å². The van der Waals surface area contributed by atoms with Crippen molar-refractivity contribution in [3.05, 3.63) is 12.2 Å². The number of hydrogen-bond donors (Lipinski definition) is 1. The number of fused-ring (bicyclic) bond motifs is 2. The Morgan fingerprint density at radius 1 is 1.56 bits per heavy atom. The molecule has 1 aromatic rings. The number of aromatic nitrogens is 3. The molecule has 100 valence electrons. The second kappa shape index (κ2) is 4.97. The van der Waals surface area contributed by atoms with Gasteiger partial charge in [0.05, 0.1) is 12.2 Å². The van der Waals surface area contributed by atoms with Gasteiger partial charge in [0.1, 0.15) is 12.2 Å². The standard InChI is InChI=1S/C13H22N4O/c1-3-14-11(7-13-15-8-16-17(13)2)10-6-9-4-5-12(10)18-9/h8-12,14H,3-7H2,1-2H3. The molecular weight excluding hydrogens is 228 g/mol. The van der Waals surface area contributed by atoms with Gasteiger partial charge in [0.2, 0.25) is 0 Å². The minimum absolute atomic E-state index is 0.465. The molecule has 18 heavy (non-hydrogen) atoms. The third-order valence-electron chi connectivity index (χ3n) is 4.34. The van der Waals surface area contributed by atoms with Crippen LogP contribution in [0.1, 0.15) is 32.0 Å². The van der Waals surface area contributed by atoms with Gasteiger partial charge < -0.3 is 10.1 Å². The highest BCUT2D eigenvalue weighted by molar-refractivity contribution is 4.99. The van der Waals surface area contributed by atoms with Gasteiger partial charge in [-0.15, -0.1) is 0 Å². The van der Waals surface area contributed by atoms with Crippen molar-refractivity contribution in [3.63, 3.8) is 0 Å². The molecule has 0 aromatic carbocycles. The Morgan fingerprint density at radius 2 is 2.44 bits per heavy atom. The van der Waals surface area contributed by atoms with Gasteiger partial charge in [-0.2, -0.15) is 5.10 Å². The molecule has 1 aromatic heterocycles. The summed E-state index contributed by atoms with van der Waals surface area (Å²) in [4.78, 5) is 4.34. The summed E-state index contributed by atoms with van der Waals surface area (Å²) >= 11 is 0. The van der Waals surface area contributed by atoms with Gasteiger partial charge >= 0.3 is 0 Å². The SMILES string of the molecule is CCNC(Cc1ncnn1C)C1CC2CCC1O2. The quantitative estimate of drug-likeness (QED) is 0.843. The summed E-state index contributed by atoms with van der Waals surface area (Å²) < 4.78 is 7.85. The molecule has 0 radical (unpaired) electrons. The van der Waals surface area contributed by atoms with E-state index >= 15 is 0 Å². The fraction of sp³-hybridized carbons (Fsp3) is 0.846. The van der Waals surface area contributed by atoms with Gasteiger partial charge in [-0.3, -0.25) is 4.68 Å². The summed E-state index contributed by atoms with van der Waals surface area (Å²) in [5.74, 6) is 1.70. The van der Waals surface area contributed by atoms with Gasteiger partial charge in [0.25, 0.3) is 0 Å². The molecule has 0 amide bonds. The normalized spacial score (nSPS) is 32.0. The summed E-state index contributed by atoms with van der Waals surface area (Å²) in [6.07, 6.45) is 7.25. The smallest absolute Gasteiger partial charge is 0.138 e. The van der Waals surface area contributed by atoms with Crippen molar-refractivity contribution < 1.29 is 4.74 Å². The van der Waals surface area contributed by atoms with Crippen molar-refractivity contribution in [2.75, 3.05) is 6.54 Å². The third-order valence-corrected chi connectivity index (χ3v) is 4.34. The highest BCUT2D eigenvalue weighted by atomic mass is 16.5. The van der Waals surface area contributed by atoms with E-state index in [1.807, 2.05) is 11.7 Å². The van der Waals surface area contributed by atoms with Crippen LogP contribution < -0.4 is 5.32 Å². The average Bonchev–Trinajstić information content (AvgIpc) is 3.06. The van der Waals surface area contributed by atoms with Crippen LogP contribution in [0.5, 0.6) is 0 Å². The first-order valence-electron chi connectivity index (χ1n) is 6.99. The maximum absolute atomic E-state index is 5.98. The maximum atomic E-state index is 5.98. The summed E-state index contributed by atoms with van der Waals surface area (Å²) in [6, 6.07) is 0.466. The van der Waals surface area contributed by atoms with Gasteiger partial charge in [0.15, 0.2) is 0 Å². The minimum Gasteiger partial charge on any atom is -0.375 e. The number of hydrogen-bond acceptors (Lipinski definition) is 4. The van der Waals surface area contributed by atoms with Crippen molar-refractivity contribution in [1.82, 2.24) is 20.1 Å². The third kappa shape index (κ3) is 2.17. The van der Waals surface area contributed by atoms with Crippen LogP contribution in [0.25, 0.3) is 0 Å². The summed E-state index contributed by atoms with van der Waals surface area (Å²) in [6.45, 7) is 3.16. The van der Waals surface area contributed by atoms with E-state index in [0.717, 1.165) is 18.8 Å². The molecule has 0 saturated carbocycles. The zero-order valence-electron chi connectivity index (χ0n) is 11.2. The lowest BCUT2D eigenvalue weighted by Gasteiger charge is -2.28. The van der Waals surface area contributed by atoms with Crippen LogP contribution in [-0.2, 0) is 18.2 Å². The predicted molar refractivity (Wildman–Crippen MR) is 68.2 cm³/mol. The molecule has 3 heterocycles. The zero-order valence-corrected chi connectivity index (χ0v) is 11.2. The molecule has 2 bridgehead atoms. The van der Waals surface area contributed by atoms with Gasteiger partial charge in [-0.1, -0.05) is 6.92 Å². The molecule has 2 saturated heterocycles. The first-order chi connectivity index (χ1) is 8.78. The predicted octanol–water partition coefficient (Wildman–Crippen LogP) is 0.903. The van der Waals surface area contributed by atoms with Gasteiger partial charge in [0, 0.05) is 25.4 Å². The lowest BCUT2D eigenvalue weighted by Crippen LogP contribution is -2.42. The molecule has 1 N–H and O–H groups in total. The molecule has 4 atom stereocenters. The Kier molecular flexibility index (Phi) is 3.35. The second-order valence-electron chi connectivity index (χ2n) is 5.44. The average molecular weight is 250 g/mol. The second-order valence-corrected chi connectivity index (χ2v) is 5.44. The van der Waals surface area contributed by atoms with E-state index in [1.165, 1.54) is 19.3 Å². The van der Waals surface area contributed by atoms with Crippen LogP contribution in [0.4, 0.5) is 0 Å². The van der Waals surface area contributed by atoms with Gasteiger partial charge in [-0.25, -0.2) is 4.98 Å². The van der Waals surface area contributed by atoms with Crippen LogP contribution >= 0.6 is 0 Å². The highest BCUT2D eigenvalue weighted by Crippen LogP contribution is 2.40. The topological polar surface area (TPSA) is 52.0 Å². The van der Waals surface area contributed by atoms with Crippen molar-refractivity contribution in [3.8, 4) is 0 Å². The van der Waals surface area contributed by atoms with Crippen LogP contribution in [0, 0.1) is 5.92 Å². The molecule has 2 aliphatic rings.